The first-order valence-electron chi connectivity index (χ1n) is 12.0. The SMILES string of the molecule is COC(=O)[C@H]1C2C3CC[C@@]4(CCC(=O)O4)[C@@]3(C)C[C@H]3O[C@@]23[C@@]2(C)CCC(=O)C=C2[C@@H]1CO. The summed E-state index contributed by atoms with van der Waals surface area (Å²) in [5, 5.41) is 10.5. The van der Waals surface area contributed by atoms with Gasteiger partial charge in [-0.2, -0.15) is 0 Å². The Kier molecular flexibility index (Phi) is 4.06. The van der Waals surface area contributed by atoms with Crippen LogP contribution in [0.1, 0.15) is 58.8 Å². The lowest BCUT2D eigenvalue weighted by atomic mass is 9.41. The van der Waals surface area contributed by atoms with Crippen molar-refractivity contribution >= 4 is 17.7 Å². The van der Waals surface area contributed by atoms with E-state index in [2.05, 4.69) is 13.8 Å². The molecular weight excluding hydrogens is 412 g/mol. The molecule has 0 aromatic heterocycles. The Bertz CT molecular complexity index is 956. The highest BCUT2D eigenvalue weighted by Gasteiger charge is 2.84. The van der Waals surface area contributed by atoms with E-state index in [1.807, 2.05) is 0 Å². The van der Waals surface area contributed by atoms with E-state index < -0.39 is 28.5 Å². The first kappa shape index (κ1) is 20.8. The van der Waals surface area contributed by atoms with Crippen LogP contribution in [0, 0.1) is 34.5 Å². The molecule has 2 spiro atoms. The third-order valence-corrected chi connectivity index (χ3v) is 10.6. The van der Waals surface area contributed by atoms with Crippen molar-refractivity contribution in [1.82, 2.24) is 0 Å². The number of rotatable bonds is 2. The zero-order valence-electron chi connectivity index (χ0n) is 19.0. The fourth-order valence-corrected chi connectivity index (χ4v) is 9.15. The maximum Gasteiger partial charge on any atom is 0.309 e. The van der Waals surface area contributed by atoms with Crippen molar-refractivity contribution in [2.24, 2.45) is 34.5 Å². The fraction of sp³-hybridized carbons (Fsp3) is 0.800. The third kappa shape index (κ3) is 2.13. The summed E-state index contributed by atoms with van der Waals surface area (Å²) in [7, 11) is 1.39. The number of aliphatic hydroxyl groups excluding tert-OH is 1. The van der Waals surface area contributed by atoms with Gasteiger partial charge in [-0.1, -0.05) is 19.4 Å². The van der Waals surface area contributed by atoms with Crippen molar-refractivity contribution in [2.45, 2.75) is 76.1 Å². The van der Waals surface area contributed by atoms with Crippen molar-refractivity contribution in [3.63, 3.8) is 0 Å². The highest BCUT2D eigenvalue weighted by molar-refractivity contribution is 5.92. The number of methoxy groups -OCH3 is 1. The van der Waals surface area contributed by atoms with Crippen molar-refractivity contribution in [3.8, 4) is 0 Å². The van der Waals surface area contributed by atoms with E-state index in [1.165, 1.54) is 7.11 Å². The summed E-state index contributed by atoms with van der Waals surface area (Å²) in [5.41, 5.74) is -0.876. The monoisotopic (exact) mass is 444 g/mol. The minimum absolute atomic E-state index is 0.0462. The molecule has 7 nitrogen and oxygen atoms in total. The van der Waals surface area contributed by atoms with Crippen LogP contribution in [-0.4, -0.2) is 53.9 Å². The Hall–Kier alpha value is -1.73. The lowest BCUT2D eigenvalue weighted by molar-refractivity contribution is -0.176. The maximum absolute atomic E-state index is 13.3. The zero-order valence-corrected chi connectivity index (χ0v) is 19.0. The number of hydrogen-bond acceptors (Lipinski definition) is 7. The van der Waals surface area contributed by atoms with Crippen LogP contribution in [0.15, 0.2) is 11.6 Å². The molecule has 0 amide bonds. The minimum Gasteiger partial charge on any atom is -0.469 e. The summed E-state index contributed by atoms with van der Waals surface area (Å²) < 4.78 is 18.0. The molecule has 2 heterocycles. The smallest absolute Gasteiger partial charge is 0.309 e. The molecule has 4 aliphatic carbocycles. The second-order valence-electron chi connectivity index (χ2n) is 11.4. The summed E-state index contributed by atoms with van der Waals surface area (Å²) in [6, 6.07) is 0. The minimum atomic E-state index is -0.586. The molecule has 32 heavy (non-hydrogen) atoms. The number of ether oxygens (including phenoxy) is 3. The van der Waals surface area contributed by atoms with Gasteiger partial charge in [-0.05, 0) is 44.1 Å². The first-order chi connectivity index (χ1) is 15.2. The zero-order chi connectivity index (χ0) is 22.7. The second-order valence-corrected chi connectivity index (χ2v) is 11.4. The maximum atomic E-state index is 13.3. The predicted octanol–water partition coefficient (Wildman–Crippen LogP) is 2.34. The molecule has 2 saturated heterocycles. The number of ketones is 1. The molecule has 1 N–H and O–H groups in total. The van der Waals surface area contributed by atoms with E-state index in [9.17, 15) is 19.5 Å². The van der Waals surface area contributed by atoms with Gasteiger partial charge in [0.15, 0.2) is 5.78 Å². The average Bonchev–Trinajstić information content (AvgIpc) is 3.25. The largest absolute Gasteiger partial charge is 0.469 e. The van der Waals surface area contributed by atoms with Gasteiger partial charge < -0.3 is 19.3 Å². The van der Waals surface area contributed by atoms with Crippen LogP contribution in [0.25, 0.3) is 0 Å². The van der Waals surface area contributed by atoms with E-state index in [0.29, 0.717) is 25.7 Å². The topological polar surface area (TPSA) is 102 Å². The highest BCUT2D eigenvalue weighted by Crippen LogP contribution is 2.79. The van der Waals surface area contributed by atoms with Crippen molar-refractivity contribution in [2.75, 3.05) is 13.7 Å². The third-order valence-electron chi connectivity index (χ3n) is 10.6. The predicted molar refractivity (Wildman–Crippen MR) is 111 cm³/mol. The molecule has 2 unspecified atom stereocenters. The molecule has 174 valence electrons. The van der Waals surface area contributed by atoms with Crippen LogP contribution >= 0.6 is 0 Å². The number of fused-ring (bicyclic) bond motifs is 4. The number of hydrogen-bond donors (Lipinski definition) is 1. The lowest BCUT2D eigenvalue weighted by Crippen LogP contribution is -2.65. The Labute approximate surface area is 187 Å². The second kappa shape index (κ2) is 6.23. The summed E-state index contributed by atoms with van der Waals surface area (Å²) >= 11 is 0. The molecule has 3 saturated carbocycles. The summed E-state index contributed by atoms with van der Waals surface area (Å²) in [6.07, 6.45) is 6.33. The van der Waals surface area contributed by atoms with Gasteiger partial charge in [-0.3, -0.25) is 14.4 Å². The van der Waals surface area contributed by atoms with Gasteiger partial charge in [-0.25, -0.2) is 0 Å². The Morgan fingerprint density at radius 2 is 2.00 bits per heavy atom. The molecule has 0 bridgehead atoms. The van der Waals surface area contributed by atoms with E-state index in [0.717, 1.165) is 24.8 Å². The van der Waals surface area contributed by atoms with Gasteiger partial charge >= 0.3 is 11.9 Å². The number of carbonyl (C=O) groups excluding carboxylic acids is 3. The lowest BCUT2D eigenvalue weighted by Gasteiger charge is -2.60. The molecule has 0 radical (unpaired) electrons. The molecule has 9 atom stereocenters. The normalized spacial score (nSPS) is 53.0. The Morgan fingerprint density at radius 3 is 2.66 bits per heavy atom. The van der Waals surface area contributed by atoms with Crippen molar-refractivity contribution in [3.05, 3.63) is 11.6 Å². The van der Waals surface area contributed by atoms with Gasteiger partial charge in [0.25, 0.3) is 0 Å². The van der Waals surface area contributed by atoms with Crippen LogP contribution in [0.5, 0.6) is 0 Å². The highest BCUT2D eigenvalue weighted by atomic mass is 16.6. The number of carbonyl (C=O) groups is 3. The van der Waals surface area contributed by atoms with Crippen LogP contribution in [-0.2, 0) is 28.6 Å². The molecule has 7 heteroatoms. The quantitative estimate of drug-likeness (QED) is 0.515. The number of epoxide rings is 1. The first-order valence-corrected chi connectivity index (χ1v) is 12.0. The average molecular weight is 445 g/mol. The van der Waals surface area contributed by atoms with Gasteiger partial charge in [0.2, 0.25) is 0 Å². The molecule has 6 rings (SSSR count). The van der Waals surface area contributed by atoms with Crippen LogP contribution in [0.3, 0.4) is 0 Å². The van der Waals surface area contributed by atoms with E-state index in [1.54, 1.807) is 6.08 Å². The molecule has 0 aromatic carbocycles. The summed E-state index contributed by atoms with van der Waals surface area (Å²) in [5.74, 6) is -1.53. The van der Waals surface area contributed by atoms with Crippen LogP contribution < -0.4 is 0 Å². The Morgan fingerprint density at radius 1 is 1.22 bits per heavy atom. The fourth-order valence-electron chi connectivity index (χ4n) is 9.15. The van der Waals surface area contributed by atoms with Gasteiger partial charge in [-0.15, -0.1) is 0 Å². The molecule has 0 aromatic rings. The molecule has 2 aliphatic heterocycles. The molecule has 5 fully saturated rings. The number of esters is 2. The molecular formula is C25H32O7. The van der Waals surface area contributed by atoms with Gasteiger partial charge in [0.1, 0.15) is 11.2 Å². The van der Waals surface area contributed by atoms with E-state index >= 15 is 0 Å². The molecule has 6 aliphatic rings. The number of aliphatic hydroxyl groups is 1. The van der Waals surface area contributed by atoms with Crippen LogP contribution in [0.2, 0.25) is 0 Å². The van der Waals surface area contributed by atoms with Gasteiger partial charge in [0.05, 0.1) is 25.7 Å². The van der Waals surface area contributed by atoms with E-state index in [4.69, 9.17) is 14.2 Å². The Balaban J connectivity index is 1.53. The van der Waals surface area contributed by atoms with Crippen molar-refractivity contribution in [1.29, 1.82) is 0 Å². The van der Waals surface area contributed by atoms with Gasteiger partial charge in [0, 0.05) is 35.5 Å². The van der Waals surface area contributed by atoms with E-state index in [-0.39, 0.29) is 47.7 Å². The summed E-state index contributed by atoms with van der Waals surface area (Å²) in [6.45, 7) is 4.17. The van der Waals surface area contributed by atoms with Crippen LogP contribution in [0.4, 0.5) is 0 Å². The van der Waals surface area contributed by atoms with Crippen molar-refractivity contribution < 1.29 is 33.7 Å². The summed E-state index contributed by atoms with van der Waals surface area (Å²) in [4.78, 5) is 37.9. The standard InChI is InChI=1S/C25H32O7/c1-22-7-4-13(27)10-16(22)14(12-26)19(21(29)30-3)20-15-5-8-24(9-6-18(28)32-24)23(15,2)11-17-25(20,22)31-17/h10,14-15,17,19-20,26H,4-9,11-12H2,1-3H3/t14-,15?,17+,19+,20?,22-,23-,24+,25+/m0/s1.